The molecule has 0 aliphatic carbocycles. The van der Waals surface area contributed by atoms with Gasteiger partial charge in [0.2, 0.25) is 5.91 Å². The Balaban J connectivity index is 1.64. The summed E-state index contributed by atoms with van der Waals surface area (Å²) >= 11 is 3.25. The molecule has 0 radical (unpaired) electrons. The monoisotopic (exact) mass is 342 g/mol. The topological polar surface area (TPSA) is 33.2 Å². The van der Waals surface area contributed by atoms with Gasteiger partial charge in [0.05, 0.1) is 12.1 Å². The van der Waals surface area contributed by atoms with E-state index in [1.165, 1.54) is 11.1 Å². The van der Waals surface area contributed by atoms with Gasteiger partial charge in [-0.15, -0.1) is 11.3 Å². The third-order valence-electron chi connectivity index (χ3n) is 3.75. The van der Waals surface area contributed by atoms with Crippen molar-refractivity contribution in [2.45, 2.75) is 19.9 Å². The van der Waals surface area contributed by atoms with E-state index in [2.05, 4.69) is 35.5 Å². The van der Waals surface area contributed by atoms with Crippen LogP contribution < -0.4 is 0 Å². The molecule has 0 fully saturated rings. The third-order valence-corrected chi connectivity index (χ3v) is 5.37. The molecule has 118 valence electrons. The number of hydrogen-bond acceptors (Lipinski definition) is 4. The molecule has 0 saturated heterocycles. The van der Waals surface area contributed by atoms with Crippen molar-refractivity contribution in [2.75, 3.05) is 7.05 Å². The van der Waals surface area contributed by atoms with Crippen LogP contribution in [0.2, 0.25) is 0 Å². The predicted molar refractivity (Wildman–Crippen MR) is 96.8 cm³/mol. The zero-order valence-corrected chi connectivity index (χ0v) is 14.8. The van der Waals surface area contributed by atoms with Crippen LogP contribution in [-0.2, 0) is 17.8 Å². The van der Waals surface area contributed by atoms with E-state index in [0.29, 0.717) is 13.0 Å². The van der Waals surface area contributed by atoms with Crippen molar-refractivity contribution >= 4 is 28.6 Å². The average Bonchev–Trinajstić information content (AvgIpc) is 3.20. The van der Waals surface area contributed by atoms with Crippen LogP contribution in [0.3, 0.4) is 0 Å². The first-order chi connectivity index (χ1) is 11.1. The van der Waals surface area contributed by atoms with Gasteiger partial charge in [0.1, 0.15) is 5.01 Å². The standard InChI is InChI=1S/C18H18N2OS2/c1-13-5-3-4-6-14(13)10-20(2)17(21)9-16-12-23-18(19-16)15-7-8-22-11-15/h3-8,11-12H,9-10H2,1-2H3. The lowest BCUT2D eigenvalue weighted by Crippen LogP contribution is -2.28. The first-order valence-corrected chi connectivity index (χ1v) is 9.21. The summed E-state index contributed by atoms with van der Waals surface area (Å²) in [6.45, 7) is 2.70. The van der Waals surface area contributed by atoms with E-state index < -0.39 is 0 Å². The highest BCUT2D eigenvalue weighted by molar-refractivity contribution is 7.14. The van der Waals surface area contributed by atoms with Gasteiger partial charge in [0.25, 0.3) is 0 Å². The first-order valence-electron chi connectivity index (χ1n) is 7.39. The SMILES string of the molecule is Cc1ccccc1CN(C)C(=O)Cc1csc(-c2ccsc2)n1. The minimum atomic E-state index is 0.0930. The second-order valence-electron chi connectivity index (χ2n) is 5.51. The molecular formula is C18H18N2OS2. The zero-order valence-electron chi connectivity index (χ0n) is 13.2. The second kappa shape index (κ2) is 7.06. The van der Waals surface area contributed by atoms with Crippen LogP contribution in [0.1, 0.15) is 16.8 Å². The van der Waals surface area contributed by atoms with Gasteiger partial charge in [-0.3, -0.25) is 4.79 Å². The summed E-state index contributed by atoms with van der Waals surface area (Å²) in [5.74, 6) is 0.0930. The van der Waals surface area contributed by atoms with Gasteiger partial charge in [-0.25, -0.2) is 4.98 Å². The quantitative estimate of drug-likeness (QED) is 0.689. The van der Waals surface area contributed by atoms with Gasteiger partial charge in [-0.1, -0.05) is 24.3 Å². The molecule has 0 aliphatic rings. The Kier molecular flexibility index (Phi) is 4.88. The van der Waals surface area contributed by atoms with Crippen molar-refractivity contribution in [3.8, 4) is 10.6 Å². The highest BCUT2D eigenvalue weighted by atomic mass is 32.1. The van der Waals surface area contributed by atoms with Gasteiger partial charge in [-0.2, -0.15) is 11.3 Å². The van der Waals surface area contributed by atoms with Gasteiger partial charge in [0.15, 0.2) is 0 Å². The van der Waals surface area contributed by atoms with Crippen molar-refractivity contribution in [2.24, 2.45) is 0 Å². The molecule has 3 nitrogen and oxygen atoms in total. The smallest absolute Gasteiger partial charge is 0.228 e. The molecule has 1 aromatic carbocycles. The highest BCUT2D eigenvalue weighted by Gasteiger charge is 2.14. The number of nitrogens with zero attached hydrogens (tertiary/aromatic N) is 2. The number of benzene rings is 1. The van der Waals surface area contributed by atoms with E-state index >= 15 is 0 Å². The van der Waals surface area contributed by atoms with Gasteiger partial charge >= 0.3 is 0 Å². The Morgan fingerprint density at radius 3 is 2.78 bits per heavy atom. The Morgan fingerprint density at radius 1 is 1.22 bits per heavy atom. The Bertz CT molecular complexity index is 793. The van der Waals surface area contributed by atoms with Crippen LogP contribution in [0.15, 0.2) is 46.5 Å². The number of aromatic nitrogens is 1. The average molecular weight is 342 g/mol. The minimum absolute atomic E-state index is 0.0930. The third kappa shape index (κ3) is 3.86. The van der Waals surface area contributed by atoms with Crippen LogP contribution in [-0.4, -0.2) is 22.8 Å². The van der Waals surface area contributed by atoms with Crippen LogP contribution >= 0.6 is 22.7 Å². The van der Waals surface area contributed by atoms with E-state index in [-0.39, 0.29) is 5.91 Å². The fourth-order valence-electron chi connectivity index (χ4n) is 2.33. The van der Waals surface area contributed by atoms with Crippen molar-refractivity contribution in [1.29, 1.82) is 0 Å². The molecule has 1 amide bonds. The molecule has 2 aromatic heterocycles. The van der Waals surface area contributed by atoms with E-state index in [0.717, 1.165) is 16.3 Å². The molecule has 23 heavy (non-hydrogen) atoms. The van der Waals surface area contributed by atoms with Gasteiger partial charge < -0.3 is 4.90 Å². The first kappa shape index (κ1) is 15.9. The molecule has 0 atom stereocenters. The molecule has 5 heteroatoms. The van der Waals surface area contributed by atoms with E-state index in [1.54, 1.807) is 27.6 Å². The maximum Gasteiger partial charge on any atom is 0.228 e. The minimum Gasteiger partial charge on any atom is -0.341 e. The maximum absolute atomic E-state index is 12.4. The summed E-state index contributed by atoms with van der Waals surface area (Å²) in [6, 6.07) is 10.2. The number of thiophene rings is 1. The number of carbonyl (C=O) groups excluding carboxylic acids is 1. The number of aryl methyl sites for hydroxylation is 1. The molecule has 0 aliphatic heterocycles. The summed E-state index contributed by atoms with van der Waals surface area (Å²) in [5, 5.41) is 7.08. The lowest BCUT2D eigenvalue weighted by atomic mass is 10.1. The number of thiazole rings is 1. The van der Waals surface area contributed by atoms with Crippen molar-refractivity contribution in [1.82, 2.24) is 9.88 Å². The van der Waals surface area contributed by atoms with Crippen LogP contribution in [0.4, 0.5) is 0 Å². The molecule has 0 saturated carbocycles. The maximum atomic E-state index is 12.4. The molecule has 3 rings (SSSR count). The number of hydrogen-bond donors (Lipinski definition) is 0. The van der Waals surface area contributed by atoms with Crippen LogP contribution in [0.25, 0.3) is 10.6 Å². The van der Waals surface area contributed by atoms with E-state index in [4.69, 9.17) is 0 Å². The predicted octanol–water partition coefficient (Wildman–Crippen LogP) is 4.38. The van der Waals surface area contributed by atoms with Crippen molar-refractivity contribution < 1.29 is 4.79 Å². The number of likely N-dealkylation sites (N-methyl/N-ethyl adjacent to an activating group) is 1. The molecular weight excluding hydrogens is 324 g/mol. The molecule has 0 unspecified atom stereocenters. The molecule has 0 bridgehead atoms. The molecule has 0 N–H and O–H groups in total. The normalized spacial score (nSPS) is 10.7. The summed E-state index contributed by atoms with van der Waals surface area (Å²) in [4.78, 5) is 18.8. The van der Waals surface area contributed by atoms with Crippen molar-refractivity contribution in [3.05, 3.63) is 63.3 Å². The summed E-state index contributed by atoms with van der Waals surface area (Å²) < 4.78 is 0. The largest absolute Gasteiger partial charge is 0.341 e. The number of amides is 1. The summed E-state index contributed by atoms with van der Waals surface area (Å²) in [6.07, 6.45) is 0.350. The molecule has 2 heterocycles. The second-order valence-corrected chi connectivity index (χ2v) is 7.15. The zero-order chi connectivity index (χ0) is 16.2. The molecule has 0 spiro atoms. The Hall–Kier alpha value is -1.98. The number of carbonyl (C=O) groups is 1. The lowest BCUT2D eigenvalue weighted by molar-refractivity contribution is -0.129. The Morgan fingerprint density at radius 2 is 2.04 bits per heavy atom. The number of rotatable bonds is 5. The van der Waals surface area contributed by atoms with E-state index in [1.807, 2.05) is 29.9 Å². The fourth-order valence-corrected chi connectivity index (χ4v) is 3.86. The molecule has 3 aromatic rings. The van der Waals surface area contributed by atoms with Crippen molar-refractivity contribution in [3.63, 3.8) is 0 Å². The summed E-state index contributed by atoms with van der Waals surface area (Å²) in [7, 11) is 1.85. The van der Waals surface area contributed by atoms with Crippen LogP contribution in [0, 0.1) is 6.92 Å². The van der Waals surface area contributed by atoms with Gasteiger partial charge in [0, 0.05) is 29.9 Å². The lowest BCUT2D eigenvalue weighted by Gasteiger charge is -2.18. The van der Waals surface area contributed by atoms with Gasteiger partial charge in [-0.05, 0) is 29.5 Å². The fraction of sp³-hybridized carbons (Fsp3) is 0.222. The Labute approximate surface area is 144 Å². The van der Waals surface area contributed by atoms with E-state index in [9.17, 15) is 4.79 Å². The summed E-state index contributed by atoms with van der Waals surface area (Å²) in [5.41, 5.74) is 4.37. The van der Waals surface area contributed by atoms with Crippen LogP contribution in [0.5, 0.6) is 0 Å². The highest BCUT2D eigenvalue weighted by Crippen LogP contribution is 2.26.